The van der Waals surface area contributed by atoms with Gasteiger partial charge < -0.3 is 8.85 Å². The van der Waals surface area contributed by atoms with E-state index in [1.165, 1.54) is 63.5 Å². The molecule has 0 amide bonds. The number of hydrogen-bond acceptors (Lipinski definition) is 2. The molecule has 2 fully saturated rings. The summed E-state index contributed by atoms with van der Waals surface area (Å²) in [6.07, 6.45) is 11.1. The average Bonchev–Trinajstić information content (AvgIpc) is 2.61. The predicted octanol–water partition coefficient (Wildman–Crippen LogP) is 8.20. The van der Waals surface area contributed by atoms with E-state index in [0.717, 1.165) is 11.8 Å². The van der Waals surface area contributed by atoms with E-state index >= 15 is 0 Å². The van der Waals surface area contributed by atoms with E-state index in [-0.39, 0.29) is 0 Å². The van der Waals surface area contributed by atoms with Gasteiger partial charge in [0.05, 0.1) is 12.2 Å². The van der Waals surface area contributed by atoms with E-state index < -0.39 is 8.56 Å². The van der Waals surface area contributed by atoms with Crippen molar-refractivity contribution in [1.29, 1.82) is 0 Å². The predicted molar refractivity (Wildman–Crippen MR) is 128 cm³/mol. The van der Waals surface area contributed by atoms with Crippen molar-refractivity contribution in [3.63, 3.8) is 0 Å². The maximum atomic E-state index is 7.29. The Kier molecular flexibility index (Phi) is 10.2. The summed E-state index contributed by atoms with van der Waals surface area (Å²) in [5, 5.41) is 0. The van der Waals surface area contributed by atoms with Crippen LogP contribution in [0.5, 0.6) is 0 Å². The molecule has 2 aliphatic rings. The van der Waals surface area contributed by atoms with Gasteiger partial charge >= 0.3 is 8.56 Å². The Hall–Kier alpha value is 0.137. The standard InChI is InChI=1S/C26H52O2Si/c1-9-15-29(16-10-2,27-25-17-21(7)11-13-23(25)19(3)4)28-26-18-22(8)12-14-24(26)20(5)6/h19-26H,9-18H2,1-8H3. The summed E-state index contributed by atoms with van der Waals surface area (Å²) in [7, 11) is -2.20. The molecule has 0 heterocycles. The first-order chi connectivity index (χ1) is 13.7. The van der Waals surface area contributed by atoms with Crippen LogP contribution in [0.3, 0.4) is 0 Å². The topological polar surface area (TPSA) is 18.5 Å². The van der Waals surface area contributed by atoms with E-state index in [1.54, 1.807) is 0 Å². The molecule has 3 heteroatoms. The van der Waals surface area contributed by atoms with Crippen molar-refractivity contribution in [2.24, 2.45) is 35.5 Å². The Labute approximate surface area is 184 Å². The molecule has 6 unspecified atom stereocenters. The Balaban J connectivity index is 2.26. The van der Waals surface area contributed by atoms with Crippen LogP contribution in [0.15, 0.2) is 0 Å². The van der Waals surface area contributed by atoms with Gasteiger partial charge in [-0.2, -0.15) is 0 Å². The highest BCUT2D eigenvalue weighted by Crippen LogP contribution is 2.42. The van der Waals surface area contributed by atoms with Gasteiger partial charge in [-0.25, -0.2) is 0 Å². The molecule has 6 atom stereocenters. The van der Waals surface area contributed by atoms with E-state index in [0.29, 0.717) is 35.9 Å². The third-order valence-electron chi connectivity index (χ3n) is 7.92. The molecule has 0 aromatic rings. The first-order valence-electron chi connectivity index (χ1n) is 13.1. The van der Waals surface area contributed by atoms with E-state index in [4.69, 9.17) is 8.85 Å². The zero-order chi connectivity index (χ0) is 21.6. The second-order valence-electron chi connectivity index (χ2n) is 11.4. The van der Waals surface area contributed by atoms with Crippen LogP contribution in [0.2, 0.25) is 12.1 Å². The second-order valence-corrected chi connectivity index (χ2v) is 14.7. The fraction of sp³-hybridized carbons (Fsp3) is 1.00. The molecule has 0 radical (unpaired) electrons. The van der Waals surface area contributed by atoms with Crippen LogP contribution >= 0.6 is 0 Å². The summed E-state index contributed by atoms with van der Waals surface area (Å²) >= 11 is 0. The van der Waals surface area contributed by atoms with Gasteiger partial charge in [0.15, 0.2) is 0 Å². The summed E-state index contributed by atoms with van der Waals surface area (Å²) in [6, 6.07) is 2.35. The Morgan fingerprint density at radius 1 is 0.690 bits per heavy atom. The van der Waals surface area contributed by atoms with Crippen LogP contribution in [0.1, 0.15) is 107 Å². The molecule has 0 aromatic carbocycles. The van der Waals surface area contributed by atoms with E-state index in [9.17, 15) is 0 Å². The van der Waals surface area contributed by atoms with E-state index in [2.05, 4.69) is 55.4 Å². The Morgan fingerprint density at radius 2 is 1.07 bits per heavy atom. The van der Waals surface area contributed by atoms with Crippen molar-refractivity contribution in [2.45, 2.75) is 131 Å². The van der Waals surface area contributed by atoms with Gasteiger partial charge in [-0.05, 0) is 73.3 Å². The molecule has 0 saturated heterocycles. The van der Waals surface area contributed by atoms with Crippen molar-refractivity contribution in [2.75, 3.05) is 0 Å². The highest BCUT2D eigenvalue weighted by atomic mass is 28.4. The highest BCUT2D eigenvalue weighted by Gasteiger charge is 2.46. The maximum Gasteiger partial charge on any atom is 0.338 e. The molecular formula is C26H52O2Si. The molecule has 0 bridgehead atoms. The summed E-state index contributed by atoms with van der Waals surface area (Å²) < 4.78 is 14.6. The highest BCUT2D eigenvalue weighted by molar-refractivity contribution is 6.67. The third-order valence-corrected chi connectivity index (χ3v) is 11.9. The third kappa shape index (κ3) is 7.07. The first-order valence-corrected chi connectivity index (χ1v) is 15.3. The molecule has 2 rings (SSSR count). The minimum Gasteiger partial charge on any atom is -0.391 e. The lowest BCUT2D eigenvalue weighted by Crippen LogP contribution is -2.53. The monoisotopic (exact) mass is 424 g/mol. The molecule has 0 spiro atoms. The van der Waals surface area contributed by atoms with Crippen LogP contribution in [0.4, 0.5) is 0 Å². The fourth-order valence-electron chi connectivity index (χ4n) is 6.20. The van der Waals surface area contributed by atoms with Gasteiger partial charge in [0, 0.05) is 0 Å². The molecule has 172 valence electrons. The van der Waals surface area contributed by atoms with E-state index in [1.807, 2.05) is 0 Å². The van der Waals surface area contributed by atoms with Gasteiger partial charge in [0.1, 0.15) is 0 Å². The Bertz CT molecular complexity index is 422. The first kappa shape index (κ1) is 25.4. The van der Waals surface area contributed by atoms with Crippen molar-refractivity contribution in [1.82, 2.24) is 0 Å². The Morgan fingerprint density at radius 3 is 1.38 bits per heavy atom. The zero-order valence-corrected chi connectivity index (χ0v) is 22.0. The smallest absolute Gasteiger partial charge is 0.338 e. The number of hydrogen-bond donors (Lipinski definition) is 0. The summed E-state index contributed by atoms with van der Waals surface area (Å²) in [6.45, 7) is 19.1. The van der Waals surface area contributed by atoms with Crippen molar-refractivity contribution < 1.29 is 8.85 Å². The quantitative estimate of drug-likeness (QED) is 0.329. The summed E-state index contributed by atoms with van der Waals surface area (Å²) in [4.78, 5) is 0. The van der Waals surface area contributed by atoms with Gasteiger partial charge in [0.2, 0.25) is 0 Å². The normalized spacial score (nSPS) is 34.1. The fourth-order valence-corrected chi connectivity index (χ4v) is 10.1. The molecule has 2 saturated carbocycles. The van der Waals surface area contributed by atoms with Crippen LogP contribution < -0.4 is 0 Å². The second kappa shape index (κ2) is 11.7. The lowest BCUT2D eigenvalue weighted by atomic mass is 9.75. The minimum absolute atomic E-state index is 0.419. The molecule has 2 nitrogen and oxygen atoms in total. The van der Waals surface area contributed by atoms with Crippen molar-refractivity contribution >= 4 is 8.56 Å². The SMILES string of the molecule is CCC[Si](CCC)(OC1CC(C)CCC1C(C)C)OC1CC(C)CCC1C(C)C. The zero-order valence-electron chi connectivity index (χ0n) is 21.0. The maximum absolute atomic E-state index is 7.29. The molecule has 0 N–H and O–H groups in total. The summed E-state index contributed by atoms with van der Waals surface area (Å²) in [5.74, 6) is 4.43. The lowest BCUT2D eigenvalue weighted by molar-refractivity contribution is -0.0282. The van der Waals surface area contributed by atoms with Gasteiger partial charge in [-0.3, -0.25) is 0 Å². The van der Waals surface area contributed by atoms with Gasteiger partial charge in [-0.1, -0.05) is 81.1 Å². The van der Waals surface area contributed by atoms with Crippen LogP contribution in [-0.2, 0) is 8.85 Å². The van der Waals surface area contributed by atoms with Crippen LogP contribution in [0, 0.1) is 35.5 Å². The van der Waals surface area contributed by atoms with Crippen LogP contribution in [0.25, 0.3) is 0 Å². The summed E-state index contributed by atoms with van der Waals surface area (Å²) in [5.41, 5.74) is 0. The molecule has 29 heavy (non-hydrogen) atoms. The average molecular weight is 425 g/mol. The largest absolute Gasteiger partial charge is 0.391 e. The van der Waals surface area contributed by atoms with Gasteiger partial charge in [0.25, 0.3) is 0 Å². The van der Waals surface area contributed by atoms with Gasteiger partial charge in [-0.15, -0.1) is 0 Å². The lowest BCUT2D eigenvalue weighted by Gasteiger charge is -2.46. The molecule has 2 aliphatic carbocycles. The molecular weight excluding hydrogens is 372 g/mol. The van der Waals surface area contributed by atoms with Crippen molar-refractivity contribution in [3.05, 3.63) is 0 Å². The molecule has 0 aliphatic heterocycles. The number of rotatable bonds is 10. The van der Waals surface area contributed by atoms with Crippen molar-refractivity contribution in [3.8, 4) is 0 Å². The minimum atomic E-state index is -2.20. The molecule has 0 aromatic heterocycles. The van der Waals surface area contributed by atoms with Crippen LogP contribution in [-0.4, -0.2) is 20.8 Å².